The molecule has 140 valence electrons. The molecule has 0 fully saturated rings. The van der Waals surface area contributed by atoms with Crippen LogP contribution in [0, 0.1) is 11.6 Å². The van der Waals surface area contributed by atoms with E-state index < -0.39 is 0 Å². The van der Waals surface area contributed by atoms with Crippen molar-refractivity contribution in [3.8, 4) is 5.75 Å². The molecule has 0 saturated carbocycles. The van der Waals surface area contributed by atoms with Crippen LogP contribution in [0.15, 0.2) is 72.8 Å². The van der Waals surface area contributed by atoms with Crippen LogP contribution in [0.5, 0.6) is 5.75 Å². The van der Waals surface area contributed by atoms with Crippen molar-refractivity contribution in [2.24, 2.45) is 0 Å². The van der Waals surface area contributed by atoms with Crippen molar-refractivity contribution in [3.05, 3.63) is 101 Å². The van der Waals surface area contributed by atoms with E-state index in [4.69, 9.17) is 4.74 Å². The van der Waals surface area contributed by atoms with Crippen LogP contribution < -0.4 is 10.1 Å². The number of methoxy groups -OCH3 is 1. The lowest BCUT2D eigenvalue weighted by molar-refractivity contribution is -0.671. The van der Waals surface area contributed by atoms with Gasteiger partial charge in [-0.1, -0.05) is 42.5 Å². The molecule has 0 aliphatic rings. The van der Waals surface area contributed by atoms with Gasteiger partial charge in [0.1, 0.15) is 23.9 Å². The predicted molar refractivity (Wildman–Crippen MR) is 103 cm³/mol. The van der Waals surface area contributed by atoms with Crippen molar-refractivity contribution < 1.29 is 18.8 Å². The maximum absolute atomic E-state index is 13.7. The topological polar surface area (TPSA) is 25.8 Å². The summed E-state index contributed by atoms with van der Waals surface area (Å²) >= 11 is 0. The fourth-order valence-electron chi connectivity index (χ4n) is 3.26. The van der Waals surface area contributed by atoms with Crippen molar-refractivity contribution in [1.29, 1.82) is 0 Å². The van der Waals surface area contributed by atoms with Gasteiger partial charge in [-0.15, -0.1) is 0 Å². The van der Waals surface area contributed by atoms with Gasteiger partial charge in [-0.25, -0.2) is 8.78 Å². The molecule has 0 saturated heterocycles. The van der Waals surface area contributed by atoms with E-state index in [-0.39, 0.29) is 17.6 Å². The van der Waals surface area contributed by atoms with Crippen LogP contribution in [-0.4, -0.2) is 13.7 Å². The highest BCUT2D eigenvalue weighted by molar-refractivity contribution is 5.36. The summed E-state index contributed by atoms with van der Waals surface area (Å²) in [6, 6.07) is 21.5. The van der Waals surface area contributed by atoms with Crippen LogP contribution in [0.25, 0.3) is 0 Å². The first-order valence-electron chi connectivity index (χ1n) is 9.12. The molecule has 0 aliphatic heterocycles. The highest BCUT2D eigenvalue weighted by Crippen LogP contribution is 2.29. The fourth-order valence-corrected chi connectivity index (χ4v) is 3.26. The van der Waals surface area contributed by atoms with Crippen molar-refractivity contribution in [1.82, 2.24) is 0 Å². The molecule has 1 atom stereocenters. The normalized spacial score (nSPS) is 12.0. The van der Waals surface area contributed by atoms with Crippen LogP contribution in [0.2, 0.25) is 0 Å². The Balaban J connectivity index is 1.69. The number of ether oxygens (including phenoxy) is 1. The second kappa shape index (κ2) is 9.28. The summed E-state index contributed by atoms with van der Waals surface area (Å²) in [6.45, 7) is 1.44. The summed E-state index contributed by atoms with van der Waals surface area (Å²) in [7, 11) is 1.64. The molecule has 0 aliphatic carbocycles. The minimum absolute atomic E-state index is 0.147. The zero-order valence-corrected chi connectivity index (χ0v) is 15.4. The van der Waals surface area contributed by atoms with Crippen molar-refractivity contribution in [2.45, 2.75) is 18.9 Å². The van der Waals surface area contributed by atoms with E-state index in [9.17, 15) is 8.78 Å². The molecule has 4 heteroatoms. The molecule has 27 heavy (non-hydrogen) atoms. The van der Waals surface area contributed by atoms with Gasteiger partial charge >= 0.3 is 0 Å². The van der Waals surface area contributed by atoms with Gasteiger partial charge in [0.25, 0.3) is 0 Å². The Morgan fingerprint density at radius 2 is 1.48 bits per heavy atom. The Labute approximate surface area is 158 Å². The van der Waals surface area contributed by atoms with Gasteiger partial charge in [-0.2, -0.15) is 0 Å². The van der Waals surface area contributed by atoms with Crippen LogP contribution in [0.4, 0.5) is 8.78 Å². The minimum atomic E-state index is -0.238. The second-order valence-electron chi connectivity index (χ2n) is 6.54. The summed E-state index contributed by atoms with van der Waals surface area (Å²) in [4.78, 5) is 0. The first-order chi connectivity index (χ1) is 13.2. The van der Waals surface area contributed by atoms with E-state index in [0.717, 1.165) is 29.8 Å². The molecule has 2 N–H and O–H groups in total. The van der Waals surface area contributed by atoms with Crippen molar-refractivity contribution >= 4 is 0 Å². The van der Waals surface area contributed by atoms with E-state index in [1.165, 1.54) is 18.2 Å². The predicted octanol–water partition coefficient (Wildman–Crippen LogP) is 4.26. The van der Waals surface area contributed by atoms with E-state index in [1.54, 1.807) is 13.2 Å². The number of benzene rings is 3. The van der Waals surface area contributed by atoms with Gasteiger partial charge in [0.2, 0.25) is 0 Å². The molecular formula is C23H24F2NO+. The third-order valence-electron chi connectivity index (χ3n) is 4.77. The quantitative estimate of drug-likeness (QED) is 0.591. The molecule has 0 spiro atoms. The third kappa shape index (κ3) is 5.14. The van der Waals surface area contributed by atoms with Gasteiger partial charge in [-0.05, 0) is 41.5 Å². The summed E-state index contributed by atoms with van der Waals surface area (Å²) < 4.78 is 32.3. The van der Waals surface area contributed by atoms with Crippen LogP contribution >= 0.6 is 0 Å². The standard InChI is InChI=1S/C23H23F2NO/c1-27-21-12-8-18(9-13-21)22(17-6-10-20(24)11-7-17)14-15-26-16-19-4-2-3-5-23(19)25/h2-13,22,26H,14-16H2,1H3/p+1/t22-/m1/s1. The third-order valence-corrected chi connectivity index (χ3v) is 4.77. The Morgan fingerprint density at radius 1 is 0.852 bits per heavy atom. The number of rotatable bonds is 8. The molecule has 0 aromatic heterocycles. The highest BCUT2D eigenvalue weighted by atomic mass is 19.1. The van der Waals surface area contributed by atoms with Crippen LogP contribution in [0.3, 0.4) is 0 Å². The molecule has 0 bridgehead atoms. The second-order valence-corrected chi connectivity index (χ2v) is 6.54. The molecule has 3 aromatic carbocycles. The van der Waals surface area contributed by atoms with Crippen molar-refractivity contribution in [2.75, 3.05) is 13.7 Å². The summed E-state index contributed by atoms with van der Waals surface area (Å²) in [6.07, 6.45) is 0.867. The molecule has 0 heterocycles. The monoisotopic (exact) mass is 368 g/mol. The van der Waals surface area contributed by atoms with Crippen LogP contribution in [-0.2, 0) is 6.54 Å². The Kier molecular flexibility index (Phi) is 6.55. The molecule has 0 amide bonds. The van der Waals surface area contributed by atoms with Gasteiger partial charge in [0.05, 0.1) is 13.7 Å². The van der Waals surface area contributed by atoms with Crippen LogP contribution in [0.1, 0.15) is 29.0 Å². The summed E-state index contributed by atoms with van der Waals surface area (Å²) in [5, 5.41) is 2.11. The molecule has 0 radical (unpaired) electrons. The minimum Gasteiger partial charge on any atom is -0.497 e. The first-order valence-corrected chi connectivity index (χ1v) is 9.12. The number of halogens is 2. The number of quaternary nitrogens is 1. The van der Waals surface area contributed by atoms with Gasteiger partial charge in [0, 0.05) is 17.9 Å². The van der Waals surface area contributed by atoms with E-state index in [1.807, 2.05) is 48.5 Å². The SMILES string of the molecule is COc1ccc([C@H](CC[NH2+]Cc2ccccc2F)c2ccc(F)cc2)cc1. The first kappa shape index (κ1) is 19.1. The van der Waals surface area contributed by atoms with Gasteiger partial charge in [-0.3, -0.25) is 0 Å². The maximum Gasteiger partial charge on any atom is 0.132 e. The smallest absolute Gasteiger partial charge is 0.132 e. The zero-order valence-electron chi connectivity index (χ0n) is 15.4. The van der Waals surface area contributed by atoms with Gasteiger partial charge in [0.15, 0.2) is 0 Å². The maximum atomic E-state index is 13.7. The molecule has 2 nitrogen and oxygen atoms in total. The Bertz CT molecular complexity index is 847. The van der Waals surface area contributed by atoms with Gasteiger partial charge < -0.3 is 10.1 Å². The largest absolute Gasteiger partial charge is 0.497 e. The number of hydrogen-bond acceptors (Lipinski definition) is 1. The molecule has 0 unspecified atom stereocenters. The summed E-state index contributed by atoms with van der Waals surface area (Å²) in [5.41, 5.74) is 2.93. The average Bonchev–Trinajstić information content (AvgIpc) is 2.70. The van der Waals surface area contributed by atoms with E-state index >= 15 is 0 Å². The lowest BCUT2D eigenvalue weighted by Gasteiger charge is -2.18. The number of nitrogens with two attached hydrogens (primary N) is 1. The lowest BCUT2D eigenvalue weighted by atomic mass is 9.88. The Morgan fingerprint density at radius 3 is 2.11 bits per heavy atom. The fraction of sp³-hybridized carbons (Fsp3) is 0.217. The number of hydrogen-bond donors (Lipinski definition) is 1. The molecule has 3 rings (SSSR count). The van der Waals surface area contributed by atoms with Crippen molar-refractivity contribution in [3.63, 3.8) is 0 Å². The molecule has 3 aromatic rings. The van der Waals surface area contributed by atoms with E-state index in [0.29, 0.717) is 12.1 Å². The molecular weight excluding hydrogens is 344 g/mol. The highest BCUT2D eigenvalue weighted by Gasteiger charge is 2.16. The average molecular weight is 368 g/mol. The lowest BCUT2D eigenvalue weighted by Crippen LogP contribution is -2.82. The zero-order chi connectivity index (χ0) is 19.1. The summed E-state index contributed by atoms with van der Waals surface area (Å²) in [5.74, 6) is 0.549. The Hall–Kier alpha value is -2.72. The van der Waals surface area contributed by atoms with E-state index in [2.05, 4.69) is 5.32 Å².